The predicted octanol–water partition coefficient (Wildman–Crippen LogP) is 2.23. The van der Waals surface area contributed by atoms with Crippen molar-refractivity contribution in [1.82, 2.24) is 15.1 Å². The van der Waals surface area contributed by atoms with Crippen molar-refractivity contribution < 1.29 is 9.47 Å². The summed E-state index contributed by atoms with van der Waals surface area (Å²) in [6.45, 7) is 2.92. The van der Waals surface area contributed by atoms with E-state index in [1.165, 1.54) is 0 Å². The lowest BCUT2D eigenvalue weighted by atomic mass is 10.0. The molecule has 20 heavy (non-hydrogen) atoms. The minimum atomic E-state index is 0.0142. The van der Waals surface area contributed by atoms with Crippen LogP contribution in [0.1, 0.15) is 24.1 Å². The molecule has 2 rings (SSSR count). The molecular weight excluding hydrogens is 254 g/mol. The summed E-state index contributed by atoms with van der Waals surface area (Å²) < 4.78 is 12.8. The lowest BCUT2D eigenvalue weighted by molar-refractivity contribution is 0.349. The average molecular weight is 275 g/mol. The Kier molecular flexibility index (Phi) is 4.63. The highest BCUT2D eigenvalue weighted by Crippen LogP contribution is 2.36. The molecule has 0 aliphatic rings. The van der Waals surface area contributed by atoms with E-state index in [2.05, 4.69) is 17.3 Å². The molecule has 1 atom stereocenters. The molecule has 108 valence electrons. The molecule has 1 aromatic heterocycles. The van der Waals surface area contributed by atoms with Gasteiger partial charge in [0.25, 0.3) is 0 Å². The standard InChI is InChI=1S/C15H21N3O2/c1-5-18-10-11(9-17-18)14(16-2)12-7-6-8-13(19-3)15(12)20-4/h6-10,14,16H,5H2,1-4H3. The molecule has 0 radical (unpaired) electrons. The topological polar surface area (TPSA) is 48.3 Å². The number of ether oxygens (including phenoxy) is 2. The lowest BCUT2D eigenvalue weighted by Crippen LogP contribution is -2.18. The summed E-state index contributed by atoms with van der Waals surface area (Å²) in [7, 11) is 5.22. The largest absolute Gasteiger partial charge is 0.493 e. The van der Waals surface area contributed by atoms with Crippen LogP contribution in [0.25, 0.3) is 0 Å². The molecule has 2 aromatic rings. The molecule has 0 saturated carbocycles. The quantitative estimate of drug-likeness (QED) is 0.878. The van der Waals surface area contributed by atoms with Crippen LogP contribution in [0, 0.1) is 0 Å². The van der Waals surface area contributed by atoms with Crippen molar-refractivity contribution in [3.05, 3.63) is 41.7 Å². The zero-order valence-electron chi connectivity index (χ0n) is 12.4. The maximum absolute atomic E-state index is 5.51. The van der Waals surface area contributed by atoms with Crippen molar-refractivity contribution in [3.8, 4) is 11.5 Å². The number of hydrogen-bond acceptors (Lipinski definition) is 4. The highest BCUT2D eigenvalue weighted by atomic mass is 16.5. The van der Waals surface area contributed by atoms with E-state index in [-0.39, 0.29) is 6.04 Å². The first-order valence-electron chi connectivity index (χ1n) is 6.65. The number of nitrogens with zero attached hydrogens (tertiary/aromatic N) is 2. The number of nitrogens with one attached hydrogen (secondary N) is 1. The van der Waals surface area contributed by atoms with Crippen molar-refractivity contribution >= 4 is 0 Å². The van der Waals surface area contributed by atoms with Crippen LogP contribution < -0.4 is 14.8 Å². The molecule has 0 aliphatic heterocycles. The molecule has 0 saturated heterocycles. The van der Waals surface area contributed by atoms with Gasteiger partial charge in [-0.1, -0.05) is 12.1 Å². The van der Waals surface area contributed by atoms with Crippen LogP contribution in [-0.4, -0.2) is 31.0 Å². The highest BCUT2D eigenvalue weighted by Gasteiger charge is 2.20. The van der Waals surface area contributed by atoms with Gasteiger partial charge in [-0.15, -0.1) is 0 Å². The second-order valence-electron chi connectivity index (χ2n) is 4.43. The second kappa shape index (κ2) is 6.43. The summed E-state index contributed by atoms with van der Waals surface area (Å²) in [6.07, 6.45) is 3.92. The third-order valence-electron chi connectivity index (χ3n) is 3.34. The zero-order valence-corrected chi connectivity index (χ0v) is 12.4. The van der Waals surface area contributed by atoms with Gasteiger partial charge < -0.3 is 14.8 Å². The number of hydrogen-bond donors (Lipinski definition) is 1. The minimum Gasteiger partial charge on any atom is -0.493 e. The molecule has 0 bridgehead atoms. The number of para-hydroxylation sites is 1. The van der Waals surface area contributed by atoms with Crippen molar-refractivity contribution in [3.63, 3.8) is 0 Å². The molecule has 0 aliphatic carbocycles. The zero-order chi connectivity index (χ0) is 14.5. The number of rotatable bonds is 6. The maximum Gasteiger partial charge on any atom is 0.165 e. The molecule has 1 N–H and O–H groups in total. The van der Waals surface area contributed by atoms with Crippen molar-refractivity contribution in [2.75, 3.05) is 21.3 Å². The monoisotopic (exact) mass is 275 g/mol. The second-order valence-corrected chi connectivity index (χ2v) is 4.43. The smallest absolute Gasteiger partial charge is 0.165 e. The molecule has 5 heteroatoms. The third kappa shape index (κ3) is 2.63. The Morgan fingerprint density at radius 2 is 2.10 bits per heavy atom. The minimum absolute atomic E-state index is 0.0142. The number of methoxy groups -OCH3 is 2. The number of aryl methyl sites for hydroxylation is 1. The van der Waals surface area contributed by atoms with Crippen molar-refractivity contribution in [2.45, 2.75) is 19.5 Å². The van der Waals surface area contributed by atoms with Crippen LogP contribution >= 0.6 is 0 Å². The summed E-state index contributed by atoms with van der Waals surface area (Å²) in [5, 5.41) is 7.64. The fraction of sp³-hybridized carbons (Fsp3) is 0.400. The SMILES string of the molecule is CCn1cc(C(NC)c2cccc(OC)c2OC)cn1. The fourth-order valence-corrected chi connectivity index (χ4v) is 2.34. The van der Waals surface area contributed by atoms with Crippen LogP contribution in [0.3, 0.4) is 0 Å². The van der Waals surface area contributed by atoms with E-state index in [1.54, 1.807) is 14.2 Å². The van der Waals surface area contributed by atoms with E-state index in [4.69, 9.17) is 9.47 Å². The van der Waals surface area contributed by atoms with Gasteiger partial charge in [0.1, 0.15) is 0 Å². The Labute approximate surface area is 119 Å². The van der Waals surface area contributed by atoms with Crippen LogP contribution in [-0.2, 0) is 6.54 Å². The van der Waals surface area contributed by atoms with Gasteiger partial charge in [-0.3, -0.25) is 4.68 Å². The van der Waals surface area contributed by atoms with E-state index < -0.39 is 0 Å². The first kappa shape index (κ1) is 14.4. The van der Waals surface area contributed by atoms with Gasteiger partial charge in [0.2, 0.25) is 0 Å². The summed E-state index contributed by atoms with van der Waals surface area (Å²) in [4.78, 5) is 0. The van der Waals surface area contributed by atoms with E-state index in [1.807, 2.05) is 42.3 Å². The Bertz CT molecular complexity index is 566. The van der Waals surface area contributed by atoms with Crippen molar-refractivity contribution in [1.29, 1.82) is 0 Å². The van der Waals surface area contributed by atoms with E-state index in [9.17, 15) is 0 Å². The summed E-state index contributed by atoms with van der Waals surface area (Å²) in [5.74, 6) is 1.48. The number of benzene rings is 1. The Morgan fingerprint density at radius 3 is 2.65 bits per heavy atom. The Hall–Kier alpha value is -2.01. The molecule has 0 spiro atoms. The van der Waals surface area contributed by atoms with Gasteiger partial charge >= 0.3 is 0 Å². The van der Waals surface area contributed by atoms with Crippen molar-refractivity contribution in [2.24, 2.45) is 0 Å². The third-order valence-corrected chi connectivity index (χ3v) is 3.34. The summed E-state index contributed by atoms with van der Waals surface area (Å²) in [5.41, 5.74) is 2.13. The fourth-order valence-electron chi connectivity index (χ4n) is 2.34. The maximum atomic E-state index is 5.51. The van der Waals surface area contributed by atoms with Gasteiger partial charge in [0.15, 0.2) is 11.5 Å². The van der Waals surface area contributed by atoms with Gasteiger partial charge in [-0.25, -0.2) is 0 Å². The van der Waals surface area contributed by atoms with Crippen LogP contribution in [0.2, 0.25) is 0 Å². The summed E-state index contributed by atoms with van der Waals surface area (Å²) in [6, 6.07) is 5.90. The molecule has 1 unspecified atom stereocenters. The predicted molar refractivity (Wildman–Crippen MR) is 78.3 cm³/mol. The van der Waals surface area contributed by atoms with Gasteiger partial charge in [0, 0.05) is 23.9 Å². The molecule has 0 fully saturated rings. The van der Waals surface area contributed by atoms with Gasteiger partial charge in [0.05, 0.1) is 26.5 Å². The first-order chi connectivity index (χ1) is 9.74. The lowest BCUT2D eigenvalue weighted by Gasteiger charge is -2.19. The number of aromatic nitrogens is 2. The molecule has 1 heterocycles. The Morgan fingerprint density at radius 1 is 1.30 bits per heavy atom. The molecule has 0 amide bonds. The average Bonchev–Trinajstić information content (AvgIpc) is 2.96. The van der Waals surface area contributed by atoms with Crippen LogP contribution in [0.5, 0.6) is 11.5 Å². The van der Waals surface area contributed by atoms with Gasteiger partial charge in [-0.05, 0) is 20.0 Å². The van der Waals surface area contributed by atoms with Crippen LogP contribution in [0.15, 0.2) is 30.6 Å². The highest BCUT2D eigenvalue weighted by molar-refractivity contribution is 5.50. The van der Waals surface area contributed by atoms with Crippen LogP contribution in [0.4, 0.5) is 0 Å². The van der Waals surface area contributed by atoms with E-state index in [0.29, 0.717) is 0 Å². The summed E-state index contributed by atoms with van der Waals surface area (Å²) >= 11 is 0. The molecule has 1 aromatic carbocycles. The molecular formula is C15H21N3O2. The Balaban J connectivity index is 2.46. The molecule has 5 nitrogen and oxygen atoms in total. The normalized spacial score (nSPS) is 12.2. The van der Waals surface area contributed by atoms with E-state index in [0.717, 1.165) is 29.2 Å². The van der Waals surface area contributed by atoms with E-state index >= 15 is 0 Å². The first-order valence-corrected chi connectivity index (χ1v) is 6.65. The van der Waals surface area contributed by atoms with Gasteiger partial charge in [-0.2, -0.15) is 5.10 Å².